The van der Waals surface area contributed by atoms with Crippen LogP contribution < -0.4 is 4.90 Å². The van der Waals surface area contributed by atoms with Crippen molar-refractivity contribution in [3.63, 3.8) is 0 Å². The number of fused-ring (bicyclic) bond motifs is 1. The topological polar surface area (TPSA) is 32.3 Å². The number of hydrogen-bond acceptors (Lipinski definition) is 4. The van der Waals surface area contributed by atoms with Crippen LogP contribution in [0.25, 0.3) is 0 Å². The second-order valence-corrected chi connectivity index (χ2v) is 5.97. The van der Waals surface area contributed by atoms with Gasteiger partial charge in [-0.15, -0.1) is 5.41 Å². The van der Waals surface area contributed by atoms with Gasteiger partial charge in [-0.05, 0) is 19.0 Å². The van der Waals surface area contributed by atoms with E-state index in [4.69, 9.17) is 0 Å². The van der Waals surface area contributed by atoms with Crippen molar-refractivity contribution in [2.24, 2.45) is 5.41 Å². The van der Waals surface area contributed by atoms with E-state index in [9.17, 15) is 0 Å². The van der Waals surface area contributed by atoms with Gasteiger partial charge in [-0.1, -0.05) is 13.3 Å². The Hall–Kier alpha value is -0.0561. The number of piperazine rings is 1. The number of aromatic nitrogens is 2. The van der Waals surface area contributed by atoms with Crippen LogP contribution in [0.15, 0.2) is 18.5 Å². The van der Waals surface area contributed by atoms with Crippen molar-refractivity contribution in [2.45, 2.75) is 25.8 Å². The maximum Gasteiger partial charge on any atom is 3.00 e. The molecule has 1 aromatic rings. The van der Waals surface area contributed by atoms with E-state index in [1.807, 2.05) is 18.5 Å². The molecule has 4 nitrogen and oxygen atoms in total. The first-order valence-corrected chi connectivity index (χ1v) is 6.75. The summed E-state index contributed by atoms with van der Waals surface area (Å²) in [5.41, 5.74) is 0.238. The van der Waals surface area contributed by atoms with Gasteiger partial charge in [0.2, 0.25) is 5.95 Å². The minimum atomic E-state index is 0. The Morgan fingerprint density at radius 1 is 1.32 bits per heavy atom. The summed E-state index contributed by atoms with van der Waals surface area (Å²) in [6.45, 7) is 10.9. The van der Waals surface area contributed by atoms with Crippen molar-refractivity contribution in [2.75, 3.05) is 31.1 Å². The third-order valence-corrected chi connectivity index (χ3v) is 4.11. The average Bonchev–Trinajstić information content (AvgIpc) is 2.38. The maximum atomic E-state index is 4.35. The second kappa shape index (κ2) is 6.15. The molecule has 0 aromatic carbocycles. The SMILES string of the molecule is [CH2-]C1(C)CCC2CN(c3ncccn3)CCN2C1.[Y+3]. The van der Waals surface area contributed by atoms with Gasteiger partial charge >= 0.3 is 32.7 Å². The maximum absolute atomic E-state index is 4.35. The molecule has 3 rings (SSSR count). The fourth-order valence-electron chi connectivity index (χ4n) is 3.10. The van der Waals surface area contributed by atoms with Crippen LogP contribution in [0.3, 0.4) is 0 Å². The zero-order valence-corrected chi connectivity index (χ0v) is 14.5. The smallest absolute Gasteiger partial charge is 0.338 e. The molecule has 2 aliphatic rings. The molecule has 0 N–H and O–H groups in total. The quantitative estimate of drug-likeness (QED) is 0.731. The molecule has 2 saturated heterocycles. The minimum absolute atomic E-state index is 0. The molecule has 0 radical (unpaired) electrons. The first-order chi connectivity index (χ1) is 8.64. The molecular formula is C14H21N4Y+2. The van der Waals surface area contributed by atoms with Gasteiger partial charge in [0, 0.05) is 38.1 Å². The molecule has 0 saturated carbocycles. The first-order valence-electron chi connectivity index (χ1n) is 6.75. The number of nitrogens with zero attached hydrogens (tertiary/aromatic N) is 4. The van der Waals surface area contributed by atoms with Crippen molar-refractivity contribution in [3.05, 3.63) is 25.4 Å². The zero-order chi connectivity index (χ0) is 12.6. The van der Waals surface area contributed by atoms with Crippen LogP contribution in [-0.4, -0.2) is 47.1 Å². The molecule has 2 unspecified atom stereocenters. The standard InChI is InChI=1S/C14H21N4.Y/c1-14(2)5-4-12-10-17(8-9-18(12)11-14)13-15-6-3-7-16-13;/h3,6-7,12H,1,4-5,8-11H2,2H3;/q-1;+3. The van der Waals surface area contributed by atoms with Crippen molar-refractivity contribution < 1.29 is 32.7 Å². The van der Waals surface area contributed by atoms with E-state index in [0.717, 1.165) is 32.1 Å². The van der Waals surface area contributed by atoms with Crippen LogP contribution in [0, 0.1) is 12.3 Å². The summed E-state index contributed by atoms with van der Waals surface area (Å²) in [7, 11) is 0. The predicted molar refractivity (Wildman–Crippen MR) is 72.3 cm³/mol. The van der Waals surface area contributed by atoms with E-state index in [0.29, 0.717) is 6.04 Å². The van der Waals surface area contributed by atoms with E-state index in [1.165, 1.54) is 12.8 Å². The molecule has 1 aromatic heterocycles. The molecule has 98 valence electrons. The minimum Gasteiger partial charge on any atom is -0.338 e. The number of hydrogen-bond donors (Lipinski definition) is 0. The van der Waals surface area contributed by atoms with Crippen LogP contribution in [0.5, 0.6) is 0 Å². The Balaban J connectivity index is 0.00000133. The summed E-state index contributed by atoms with van der Waals surface area (Å²) in [5, 5.41) is 0. The molecule has 2 aliphatic heterocycles. The molecule has 0 aliphatic carbocycles. The summed E-state index contributed by atoms with van der Waals surface area (Å²) in [6.07, 6.45) is 6.10. The van der Waals surface area contributed by atoms with E-state index in [-0.39, 0.29) is 38.1 Å². The van der Waals surface area contributed by atoms with Gasteiger partial charge in [0.25, 0.3) is 0 Å². The Kier molecular flexibility index (Phi) is 4.96. The fourth-order valence-corrected chi connectivity index (χ4v) is 3.10. The van der Waals surface area contributed by atoms with Crippen LogP contribution in [0.4, 0.5) is 5.95 Å². The molecule has 2 atom stereocenters. The summed E-state index contributed by atoms with van der Waals surface area (Å²) in [4.78, 5) is 13.6. The van der Waals surface area contributed by atoms with Gasteiger partial charge in [-0.2, -0.15) is 0 Å². The van der Waals surface area contributed by atoms with Crippen LogP contribution in [0.2, 0.25) is 0 Å². The van der Waals surface area contributed by atoms with E-state index in [1.54, 1.807) is 0 Å². The van der Waals surface area contributed by atoms with E-state index >= 15 is 0 Å². The molecule has 0 amide bonds. The monoisotopic (exact) mass is 334 g/mol. The van der Waals surface area contributed by atoms with Crippen LogP contribution >= 0.6 is 0 Å². The molecule has 2 fully saturated rings. The number of piperidine rings is 1. The van der Waals surface area contributed by atoms with Gasteiger partial charge in [0.15, 0.2) is 0 Å². The molecule has 19 heavy (non-hydrogen) atoms. The Bertz CT molecular complexity index is 409. The Morgan fingerprint density at radius 2 is 2.05 bits per heavy atom. The molecule has 0 spiro atoms. The summed E-state index contributed by atoms with van der Waals surface area (Å²) >= 11 is 0. The van der Waals surface area contributed by atoms with Crippen molar-refractivity contribution in [1.82, 2.24) is 14.9 Å². The molecule has 3 heterocycles. The van der Waals surface area contributed by atoms with E-state index < -0.39 is 0 Å². The third-order valence-electron chi connectivity index (χ3n) is 4.11. The number of rotatable bonds is 1. The third kappa shape index (κ3) is 3.53. The zero-order valence-electron chi connectivity index (χ0n) is 11.6. The fraction of sp³-hybridized carbons (Fsp3) is 0.643. The van der Waals surface area contributed by atoms with Crippen molar-refractivity contribution in [1.29, 1.82) is 0 Å². The number of anilines is 1. The van der Waals surface area contributed by atoms with E-state index in [2.05, 4.69) is 33.6 Å². The molecular weight excluding hydrogens is 313 g/mol. The predicted octanol–water partition coefficient (Wildman–Crippen LogP) is 1.60. The summed E-state index contributed by atoms with van der Waals surface area (Å²) < 4.78 is 0. The summed E-state index contributed by atoms with van der Waals surface area (Å²) in [6, 6.07) is 2.52. The molecule has 5 heteroatoms. The normalized spacial score (nSPS) is 31.5. The largest absolute Gasteiger partial charge is 3.00 e. The Labute approximate surface area is 140 Å². The van der Waals surface area contributed by atoms with Gasteiger partial charge in [0.05, 0.1) is 0 Å². The van der Waals surface area contributed by atoms with Crippen molar-refractivity contribution in [3.8, 4) is 0 Å². The first kappa shape index (κ1) is 15.3. The second-order valence-electron chi connectivity index (χ2n) is 5.97. The van der Waals surface area contributed by atoms with Gasteiger partial charge in [0.1, 0.15) is 0 Å². The summed E-state index contributed by atoms with van der Waals surface area (Å²) in [5.74, 6) is 0.875. The van der Waals surface area contributed by atoms with Gasteiger partial charge in [-0.25, -0.2) is 9.97 Å². The average molecular weight is 334 g/mol. The Morgan fingerprint density at radius 3 is 2.79 bits per heavy atom. The van der Waals surface area contributed by atoms with Crippen molar-refractivity contribution >= 4 is 5.95 Å². The van der Waals surface area contributed by atoms with Crippen LogP contribution in [-0.2, 0) is 32.7 Å². The van der Waals surface area contributed by atoms with Crippen LogP contribution in [0.1, 0.15) is 19.8 Å². The van der Waals surface area contributed by atoms with Gasteiger partial charge < -0.3 is 11.8 Å². The molecule has 0 bridgehead atoms. The van der Waals surface area contributed by atoms with Gasteiger partial charge in [-0.3, -0.25) is 4.90 Å².